The van der Waals surface area contributed by atoms with Gasteiger partial charge in [-0.25, -0.2) is 9.59 Å². The van der Waals surface area contributed by atoms with Crippen molar-refractivity contribution in [3.05, 3.63) is 41.5 Å². The molecule has 0 fully saturated rings. The summed E-state index contributed by atoms with van der Waals surface area (Å²) in [6, 6.07) is 6.68. The number of ether oxygens (including phenoxy) is 8. The van der Waals surface area contributed by atoms with Gasteiger partial charge in [-0.05, 0) is 81.7 Å². The highest BCUT2D eigenvalue weighted by molar-refractivity contribution is 5.91. The number of nitrogens with zero attached hydrogens (tertiary/aromatic N) is 1. The molecule has 0 spiro atoms. The van der Waals surface area contributed by atoms with Gasteiger partial charge in [-0.1, -0.05) is 12.8 Å². The predicted octanol–water partition coefficient (Wildman–Crippen LogP) is 5.42. The summed E-state index contributed by atoms with van der Waals surface area (Å²) in [5.74, 6) is 1.93. The highest BCUT2D eigenvalue weighted by atomic mass is 16.5. The minimum absolute atomic E-state index is 0.333. The van der Waals surface area contributed by atoms with Crippen LogP contribution in [0.25, 0.3) is 6.08 Å². The summed E-state index contributed by atoms with van der Waals surface area (Å²) < 4.78 is 42.6. The van der Waals surface area contributed by atoms with Crippen LogP contribution in [0.2, 0.25) is 0 Å². The number of esters is 2. The largest absolute Gasteiger partial charge is 0.493 e. The fourth-order valence-corrected chi connectivity index (χ4v) is 4.46. The standard InChI is InChI=1S/C33H47NO10/c1-34(17-11-13-19-44-33(36)25-22-28(39-4)32(42-7)29(23-25)40-5)16-10-8-9-12-18-43-30(35)15-14-24-20-26(37-2)31(41-6)27(21-24)38-3/h14-15,20-23H,8-13,16-19H2,1-7H3/b15-14+. The van der Waals surface area contributed by atoms with Crippen LogP contribution >= 0.6 is 0 Å². The molecule has 0 aliphatic carbocycles. The van der Waals surface area contributed by atoms with Crippen molar-refractivity contribution in [2.45, 2.75) is 38.5 Å². The molecule has 2 rings (SSSR count). The molecule has 0 saturated carbocycles. The van der Waals surface area contributed by atoms with Gasteiger partial charge in [0.05, 0.1) is 61.4 Å². The Hall–Kier alpha value is -4.12. The quantitative estimate of drug-likeness (QED) is 0.102. The second-order valence-corrected chi connectivity index (χ2v) is 9.93. The van der Waals surface area contributed by atoms with Gasteiger partial charge in [-0.3, -0.25) is 0 Å². The first kappa shape index (κ1) is 36.1. The summed E-state index contributed by atoms with van der Waals surface area (Å²) in [6.07, 6.45) is 8.63. The Labute approximate surface area is 260 Å². The molecular weight excluding hydrogens is 570 g/mol. The van der Waals surface area contributed by atoms with Gasteiger partial charge in [-0.15, -0.1) is 0 Å². The summed E-state index contributed by atoms with van der Waals surface area (Å²) in [6.45, 7) is 2.60. The molecule has 0 heterocycles. The first-order valence-corrected chi connectivity index (χ1v) is 14.6. The van der Waals surface area contributed by atoms with Gasteiger partial charge in [0.15, 0.2) is 23.0 Å². The van der Waals surface area contributed by atoms with Crippen molar-refractivity contribution in [3.8, 4) is 34.5 Å². The van der Waals surface area contributed by atoms with Crippen molar-refractivity contribution >= 4 is 18.0 Å². The zero-order valence-electron chi connectivity index (χ0n) is 27.1. The minimum Gasteiger partial charge on any atom is -0.493 e. The SMILES string of the molecule is COc1cc(/C=C/C(=O)OCCCCCCN(C)CCCCOC(=O)c2cc(OC)c(OC)c(OC)c2)cc(OC)c1OC. The molecule has 0 amide bonds. The number of hydrogen-bond donors (Lipinski definition) is 0. The number of hydrogen-bond acceptors (Lipinski definition) is 11. The van der Waals surface area contributed by atoms with E-state index in [2.05, 4.69) is 11.9 Å². The van der Waals surface area contributed by atoms with E-state index in [4.69, 9.17) is 37.9 Å². The third-order valence-electron chi connectivity index (χ3n) is 6.85. The molecule has 0 N–H and O–H groups in total. The molecular formula is C33H47NO10. The number of benzene rings is 2. The topological polar surface area (TPSA) is 111 Å². The van der Waals surface area contributed by atoms with Crippen molar-refractivity contribution in [2.75, 3.05) is 76.0 Å². The lowest BCUT2D eigenvalue weighted by molar-refractivity contribution is -0.137. The summed E-state index contributed by atoms with van der Waals surface area (Å²) in [5.41, 5.74) is 1.08. The predicted molar refractivity (Wildman–Crippen MR) is 168 cm³/mol. The monoisotopic (exact) mass is 617 g/mol. The maximum Gasteiger partial charge on any atom is 0.338 e. The zero-order valence-corrected chi connectivity index (χ0v) is 27.1. The Morgan fingerprint density at radius 2 is 1.07 bits per heavy atom. The molecule has 0 aromatic heterocycles. The van der Waals surface area contributed by atoms with E-state index in [1.165, 1.54) is 34.5 Å². The first-order chi connectivity index (χ1) is 21.3. The first-order valence-electron chi connectivity index (χ1n) is 14.6. The normalized spacial score (nSPS) is 10.9. The fourth-order valence-electron chi connectivity index (χ4n) is 4.46. The lowest BCUT2D eigenvalue weighted by Gasteiger charge is -2.16. The Balaban J connectivity index is 1.57. The highest BCUT2D eigenvalue weighted by Crippen LogP contribution is 2.39. The second-order valence-electron chi connectivity index (χ2n) is 9.93. The van der Waals surface area contributed by atoms with E-state index in [1.807, 2.05) is 0 Å². The third-order valence-corrected chi connectivity index (χ3v) is 6.85. The van der Waals surface area contributed by atoms with Crippen molar-refractivity contribution in [1.82, 2.24) is 4.90 Å². The number of carbonyl (C=O) groups excluding carboxylic acids is 2. The van der Waals surface area contributed by atoms with Crippen LogP contribution in [0.1, 0.15) is 54.4 Å². The molecule has 2 aromatic carbocycles. The van der Waals surface area contributed by atoms with E-state index >= 15 is 0 Å². The van der Waals surface area contributed by atoms with E-state index in [1.54, 1.807) is 44.6 Å². The van der Waals surface area contributed by atoms with Crippen LogP contribution in [-0.2, 0) is 14.3 Å². The Morgan fingerprint density at radius 3 is 1.59 bits per heavy atom. The minimum atomic E-state index is -0.433. The van der Waals surface area contributed by atoms with Crippen molar-refractivity contribution in [3.63, 3.8) is 0 Å². The number of rotatable bonds is 21. The van der Waals surface area contributed by atoms with Crippen LogP contribution in [0.15, 0.2) is 30.3 Å². The second kappa shape index (κ2) is 20.0. The summed E-state index contributed by atoms with van der Waals surface area (Å²) in [7, 11) is 11.2. The van der Waals surface area contributed by atoms with Crippen molar-refractivity contribution in [1.29, 1.82) is 0 Å². The lowest BCUT2D eigenvalue weighted by Crippen LogP contribution is -2.21. The highest BCUT2D eigenvalue weighted by Gasteiger charge is 2.18. The molecule has 0 bridgehead atoms. The Kier molecular flexibility index (Phi) is 16.4. The molecule has 0 radical (unpaired) electrons. The Bertz CT molecular complexity index is 1160. The van der Waals surface area contributed by atoms with Crippen molar-refractivity contribution in [2.24, 2.45) is 0 Å². The van der Waals surface area contributed by atoms with Gasteiger partial charge in [0.2, 0.25) is 11.5 Å². The van der Waals surface area contributed by atoms with Crippen LogP contribution < -0.4 is 28.4 Å². The van der Waals surface area contributed by atoms with E-state index < -0.39 is 11.9 Å². The zero-order chi connectivity index (χ0) is 32.3. The maximum absolute atomic E-state index is 12.5. The van der Waals surface area contributed by atoms with Gasteiger partial charge < -0.3 is 42.8 Å². The number of methoxy groups -OCH3 is 6. The van der Waals surface area contributed by atoms with Gasteiger partial charge in [0.1, 0.15) is 0 Å². The summed E-state index contributed by atoms with van der Waals surface area (Å²) in [5, 5.41) is 0. The van der Waals surface area contributed by atoms with Gasteiger partial charge in [0, 0.05) is 6.08 Å². The summed E-state index contributed by atoms with van der Waals surface area (Å²) >= 11 is 0. The van der Waals surface area contributed by atoms with Crippen molar-refractivity contribution < 1.29 is 47.5 Å². The van der Waals surface area contributed by atoms with Crippen LogP contribution in [-0.4, -0.2) is 92.8 Å². The molecule has 0 aliphatic rings. The maximum atomic E-state index is 12.5. The number of unbranched alkanes of at least 4 members (excludes halogenated alkanes) is 4. The fraction of sp³-hybridized carbons (Fsp3) is 0.515. The molecule has 0 saturated heterocycles. The summed E-state index contributed by atoms with van der Waals surface area (Å²) in [4.78, 5) is 26.9. The van der Waals surface area contributed by atoms with E-state index in [-0.39, 0.29) is 0 Å². The lowest BCUT2D eigenvalue weighted by atomic mass is 10.1. The van der Waals surface area contributed by atoms with Gasteiger partial charge >= 0.3 is 11.9 Å². The van der Waals surface area contributed by atoms with Crippen LogP contribution in [0.5, 0.6) is 34.5 Å². The molecule has 0 aliphatic heterocycles. The van der Waals surface area contributed by atoms with Crippen LogP contribution in [0.3, 0.4) is 0 Å². The average molecular weight is 618 g/mol. The van der Waals surface area contributed by atoms with Gasteiger partial charge in [0.25, 0.3) is 0 Å². The average Bonchev–Trinajstić information content (AvgIpc) is 3.04. The number of carbonyl (C=O) groups is 2. The molecule has 0 atom stereocenters. The molecule has 44 heavy (non-hydrogen) atoms. The van der Waals surface area contributed by atoms with E-state index in [0.29, 0.717) is 53.3 Å². The molecule has 244 valence electrons. The third kappa shape index (κ3) is 11.5. The molecule has 0 unspecified atom stereocenters. The molecule has 11 heteroatoms. The van der Waals surface area contributed by atoms with Crippen LogP contribution in [0, 0.1) is 0 Å². The van der Waals surface area contributed by atoms with E-state index in [9.17, 15) is 9.59 Å². The van der Waals surface area contributed by atoms with E-state index in [0.717, 1.165) is 57.2 Å². The smallest absolute Gasteiger partial charge is 0.338 e. The molecule has 11 nitrogen and oxygen atoms in total. The molecule has 2 aromatic rings. The van der Waals surface area contributed by atoms with Crippen LogP contribution in [0.4, 0.5) is 0 Å². The van der Waals surface area contributed by atoms with Gasteiger partial charge in [-0.2, -0.15) is 0 Å². The Morgan fingerprint density at radius 1 is 0.614 bits per heavy atom.